The van der Waals surface area contributed by atoms with Crippen molar-refractivity contribution in [2.45, 2.75) is 52.4 Å². The first-order valence-corrected chi connectivity index (χ1v) is 13.8. The first-order valence-electron chi connectivity index (χ1n) is 9.32. The molecular formula is C24H34Cl2PSiTi-. The molecule has 29 heavy (non-hydrogen) atoms. The summed E-state index contributed by atoms with van der Waals surface area (Å²) in [6, 6.07) is 21.2. The summed E-state index contributed by atoms with van der Waals surface area (Å²) in [5.41, 5.74) is 4.37. The van der Waals surface area contributed by atoms with Crippen molar-refractivity contribution in [1.82, 2.24) is 0 Å². The molecule has 0 saturated heterocycles. The molecule has 2 aromatic rings. The van der Waals surface area contributed by atoms with E-state index in [0.29, 0.717) is 0 Å². The van der Waals surface area contributed by atoms with E-state index in [1.807, 2.05) is 0 Å². The zero-order chi connectivity index (χ0) is 19.4. The Morgan fingerprint density at radius 1 is 0.759 bits per heavy atom. The fourth-order valence-electron chi connectivity index (χ4n) is 3.18. The van der Waals surface area contributed by atoms with Crippen molar-refractivity contribution in [2.24, 2.45) is 0 Å². The molecule has 1 aliphatic carbocycles. The molecule has 0 bridgehead atoms. The molecule has 0 saturated carbocycles. The van der Waals surface area contributed by atoms with Crippen molar-refractivity contribution in [3.63, 3.8) is 0 Å². The van der Waals surface area contributed by atoms with Gasteiger partial charge in [-0.05, 0) is 10.6 Å². The fourth-order valence-corrected chi connectivity index (χ4v) is 6.10. The molecule has 158 valence electrons. The van der Waals surface area contributed by atoms with E-state index in [9.17, 15) is 0 Å². The molecule has 5 heteroatoms. The summed E-state index contributed by atoms with van der Waals surface area (Å²) in [6.07, 6.45) is 3.67. The van der Waals surface area contributed by atoms with Gasteiger partial charge in [-0.25, -0.2) is 5.57 Å². The Kier molecular flexibility index (Phi) is 14.3. The minimum absolute atomic E-state index is 0. The van der Waals surface area contributed by atoms with Crippen LogP contribution in [0.2, 0.25) is 24.7 Å². The first kappa shape index (κ1) is 31.1. The summed E-state index contributed by atoms with van der Waals surface area (Å²) in [7, 11) is -0.408. The molecule has 0 radical (unpaired) electrons. The molecule has 0 aromatic heterocycles. The molecule has 0 fully saturated rings. The molecule has 1 atom stereocenters. The third-order valence-electron chi connectivity index (χ3n) is 5.65. The van der Waals surface area contributed by atoms with Crippen molar-refractivity contribution < 1.29 is 21.7 Å². The molecule has 0 N–H and O–H groups in total. The maximum absolute atomic E-state index is 3.67. The summed E-state index contributed by atoms with van der Waals surface area (Å²) in [6.45, 7) is 16.3. The van der Waals surface area contributed by atoms with Gasteiger partial charge in [0.25, 0.3) is 0 Å². The Labute approximate surface area is 208 Å². The molecule has 0 heterocycles. The van der Waals surface area contributed by atoms with Gasteiger partial charge in [-0.15, -0.1) is 31.7 Å². The molecule has 2 aromatic carbocycles. The van der Waals surface area contributed by atoms with Crippen LogP contribution in [0.25, 0.3) is 0 Å². The van der Waals surface area contributed by atoms with Crippen LogP contribution in [0.5, 0.6) is 0 Å². The quantitative estimate of drug-likeness (QED) is 0.235. The van der Waals surface area contributed by atoms with Crippen molar-refractivity contribution in [3.8, 4) is 0 Å². The van der Waals surface area contributed by atoms with Crippen LogP contribution >= 0.6 is 33.4 Å². The number of rotatable bonds is 3. The molecule has 0 nitrogen and oxygen atoms in total. The van der Waals surface area contributed by atoms with Crippen LogP contribution in [0.3, 0.4) is 0 Å². The van der Waals surface area contributed by atoms with Crippen LogP contribution in [0, 0.1) is 6.08 Å². The Bertz CT molecular complexity index is 761. The van der Waals surface area contributed by atoms with Gasteiger partial charge in [0.05, 0.1) is 0 Å². The fraction of sp³-hybridized carbons (Fsp3) is 0.333. The maximum atomic E-state index is 3.67. The van der Waals surface area contributed by atoms with Gasteiger partial charge in [-0.1, -0.05) is 115 Å². The third kappa shape index (κ3) is 8.13. The van der Waals surface area contributed by atoms with Gasteiger partial charge in [-0.2, -0.15) is 11.1 Å². The van der Waals surface area contributed by atoms with E-state index < -0.39 is 8.07 Å². The minimum Gasteiger partial charge on any atom is -0.266 e. The monoisotopic (exact) mass is 499 g/mol. The Morgan fingerprint density at radius 2 is 1.14 bits per heavy atom. The zero-order valence-corrected chi connectivity index (χ0v) is 23.8. The van der Waals surface area contributed by atoms with Gasteiger partial charge in [-0.3, -0.25) is 6.08 Å². The maximum Gasteiger partial charge on any atom is 0.0388 e. The summed E-state index contributed by atoms with van der Waals surface area (Å²) in [5.74, 6) is 0. The van der Waals surface area contributed by atoms with Crippen LogP contribution in [-0.4, -0.2) is 8.07 Å². The SMILES string of the molecule is CC1=[C-]C(C)([Si](C)(C)C)C(C)=C1C.Cl.Cl.[Ti].c1ccc(Pc2ccccc2)cc1. The van der Waals surface area contributed by atoms with Crippen molar-refractivity contribution in [3.05, 3.63) is 83.5 Å². The zero-order valence-electron chi connectivity index (χ0n) is 18.6. The summed E-state index contributed by atoms with van der Waals surface area (Å²) in [4.78, 5) is 0. The topological polar surface area (TPSA) is 0 Å². The van der Waals surface area contributed by atoms with E-state index in [2.05, 4.69) is 114 Å². The van der Waals surface area contributed by atoms with Crippen LogP contribution in [0.1, 0.15) is 27.7 Å². The van der Waals surface area contributed by atoms with Gasteiger partial charge in [0.2, 0.25) is 0 Å². The minimum atomic E-state index is -1.18. The van der Waals surface area contributed by atoms with Gasteiger partial charge in [0.15, 0.2) is 0 Å². The van der Waals surface area contributed by atoms with E-state index in [-0.39, 0.29) is 51.6 Å². The summed E-state index contributed by atoms with van der Waals surface area (Å²) < 4.78 is 0. The first-order chi connectivity index (χ1) is 12.1. The number of allylic oxidation sites excluding steroid dienone is 4. The smallest absolute Gasteiger partial charge is 0.0388 e. The van der Waals surface area contributed by atoms with Gasteiger partial charge >= 0.3 is 0 Å². The van der Waals surface area contributed by atoms with E-state index in [1.54, 1.807) is 5.57 Å². The molecule has 1 unspecified atom stereocenters. The van der Waals surface area contributed by atoms with Crippen molar-refractivity contribution in [2.75, 3.05) is 0 Å². The van der Waals surface area contributed by atoms with Crippen LogP contribution in [0.15, 0.2) is 77.4 Å². The van der Waals surface area contributed by atoms with E-state index in [4.69, 9.17) is 0 Å². The Morgan fingerprint density at radius 3 is 1.38 bits per heavy atom. The van der Waals surface area contributed by atoms with E-state index in [0.717, 1.165) is 8.58 Å². The Hall–Kier alpha value is -0.139. The molecule has 3 rings (SSSR count). The summed E-state index contributed by atoms with van der Waals surface area (Å²) in [5, 5.41) is 3.06. The van der Waals surface area contributed by atoms with Gasteiger partial charge in [0, 0.05) is 29.8 Å². The third-order valence-corrected chi connectivity index (χ3v) is 10.4. The predicted octanol–water partition coefficient (Wildman–Crippen LogP) is 7.34. The number of hydrogen-bond acceptors (Lipinski definition) is 0. The number of hydrogen-bond donors (Lipinski definition) is 0. The number of halogens is 2. The van der Waals surface area contributed by atoms with Crippen LogP contribution in [-0.2, 0) is 21.7 Å². The van der Waals surface area contributed by atoms with Crippen LogP contribution < -0.4 is 10.6 Å². The second-order valence-electron chi connectivity index (χ2n) is 8.23. The normalized spacial score (nSPS) is 17.7. The van der Waals surface area contributed by atoms with Crippen molar-refractivity contribution >= 4 is 52.1 Å². The molecule has 1 aliphatic rings. The Balaban J connectivity index is 0. The average Bonchev–Trinajstić information content (AvgIpc) is 2.81. The molecule has 0 spiro atoms. The van der Waals surface area contributed by atoms with E-state index in [1.165, 1.54) is 21.8 Å². The van der Waals surface area contributed by atoms with Crippen LogP contribution in [0.4, 0.5) is 0 Å². The summed E-state index contributed by atoms with van der Waals surface area (Å²) >= 11 is 0. The van der Waals surface area contributed by atoms with E-state index >= 15 is 0 Å². The molecule has 0 amide bonds. The second kappa shape index (κ2) is 13.3. The van der Waals surface area contributed by atoms with Gasteiger partial charge < -0.3 is 0 Å². The second-order valence-corrected chi connectivity index (χ2v) is 15.1. The predicted molar refractivity (Wildman–Crippen MR) is 137 cm³/mol. The average molecular weight is 500 g/mol. The van der Waals surface area contributed by atoms with Gasteiger partial charge in [0.1, 0.15) is 0 Å². The molecular weight excluding hydrogens is 466 g/mol. The number of benzene rings is 2. The van der Waals surface area contributed by atoms with Crippen molar-refractivity contribution in [1.29, 1.82) is 0 Å². The largest absolute Gasteiger partial charge is 0.266 e. The standard InChI is InChI=1S/C12H11P.C12H21Si.2ClH.Ti/c1-3-7-11(8-4-1)13-12-9-5-2-6-10-12;1-9-8-12(4,13(5,6)7)11(3)10(9)2;;;/h1-10,13H;1-7H3;2*1H;/q;-1;;;. The molecule has 0 aliphatic heterocycles.